The molecule has 1 aliphatic rings. The van der Waals surface area contributed by atoms with Gasteiger partial charge in [-0.2, -0.15) is 0 Å². The molecule has 1 aromatic carbocycles. The van der Waals surface area contributed by atoms with Crippen molar-refractivity contribution in [1.82, 2.24) is 4.90 Å². The number of ether oxygens (including phenoxy) is 2. The molecule has 0 N–H and O–H groups in total. The Hall–Kier alpha value is -1.55. The molecule has 1 amide bonds. The van der Waals surface area contributed by atoms with Crippen molar-refractivity contribution in [2.75, 3.05) is 20.2 Å². The van der Waals surface area contributed by atoms with Crippen LogP contribution < -0.4 is 0 Å². The van der Waals surface area contributed by atoms with Crippen molar-refractivity contribution in [2.45, 2.75) is 51.7 Å². The van der Waals surface area contributed by atoms with Crippen LogP contribution in [0.5, 0.6) is 0 Å². The number of hydrogen-bond donors (Lipinski definition) is 0. The van der Waals surface area contributed by atoms with E-state index in [0.29, 0.717) is 13.1 Å². The van der Waals surface area contributed by atoms with Gasteiger partial charge < -0.3 is 14.4 Å². The summed E-state index contributed by atoms with van der Waals surface area (Å²) in [7, 11) is 1.77. The van der Waals surface area contributed by atoms with E-state index in [1.165, 1.54) is 5.56 Å². The lowest BCUT2D eigenvalue weighted by atomic mass is 9.79. The van der Waals surface area contributed by atoms with Crippen molar-refractivity contribution in [3.8, 4) is 0 Å². The molecule has 128 valence electrons. The molecule has 0 radical (unpaired) electrons. The Labute approximate surface area is 139 Å². The van der Waals surface area contributed by atoms with E-state index in [1.54, 1.807) is 7.11 Å². The lowest BCUT2D eigenvalue weighted by molar-refractivity contribution is -0.0648. The van der Waals surface area contributed by atoms with Crippen LogP contribution in [0.2, 0.25) is 0 Å². The third-order valence-electron chi connectivity index (χ3n) is 4.54. The zero-order valence-corrected chi connectivity index (χ0v) is 15.0. The first kappa shape index (κ1) is 17.8. The summed E-state index contributed by atoms with van der Waals surface area (Å²) in [4.78, 5) is 14.2. The van der Waals surface area contributed by atoms with Gasteiger partial charge >= 0.3 is 6.09 Å². The molecular formula is C19H29NO3. The summed E-state index contributed by atoms with van der Waals surface area (Å²) in [5.41, 5.74) is 0.364. The lowest BCUT2D eigenvalue weighted by Gasteiger charge is -2.38. The summed E-state index contributed by atoms with van der Waals surface area (Å²) in [5.74, 6) is 0.185. The summed E-state index contributed by atoms with van der Waals surface area (Å²) in [6, 6.07) is 10.3. The van der Waals surface area contributed by atoms with Gasteiger partial charge in [0.05, 0.1) is 5.60 Å². The van der Waals surface area contributed by atoms with E-state index in [9.17, 15) is 4.79 Å². The van der Waals surface area contributed by atoms with Crippen molar-refractivity contribution in [3.05, 3.63) is 35.9 Å². The van der Waals surface area contributed by atoms with Crippen LogP contribution in [0.4, 0.5) is 4.79 Å². The Kier molecular flexibility index (Phi) is 5.35. The second kappa shape index (κ2) is 6.91. The van der Waals surface area contributed by atoms with E-state index in [1.807, 2.05) is 43.9 Å². The van der Waals surface area contributed by atoms with Crippen molar-refractivity contribution in [1.29, 1.82) is 0 Å². The summed E-state index contributed by atoms with van der Waals surface area (Å²) >= 11 is 0. The Morgan fingerprint density at radius 3 is 2.48 bits per heavy atom. The highest BCUT2D eigenvalue weighted by molar-refractivity contribution is 5.68. The van der Waals surface area contributed by atoms with Crippen LogP contribution in [-0.2, 0) is 15.1 Å². The van der Waals surface area contributed by atoms with Crippen LogP contribution in [0.3, 0.4) is 0 Å². The van der Waals surface area contributed by atoms with Gasteiger partial charge in [-0.1, -0.05) is 37.3 Å². The van der Waals surface area contributed by atoms with E-state index in [-0.39, 0.29) is 17.6 Å². The van der Waals surface area contributed by atoms with Gasteiger partial charge in [-0.3, -0.25) is 0 Å². The second-order valence-electron chi connectivity index (χ2n) is 7.39. The predicted octanol–water partition coefficient (Wildman–Crippen LogP) is 4.20. The first-order valence-corrected chi connectivity index (χ1v) is 8.37. The molecule has 4 heteroatoms. The summed E-state index contributed by atoms with van der Waals surface area (Å²) in [6.07, 6.45) is 1.56. The molecule has 1 fully saturated rings. The zero-order valence-electron chi connectivity index (χ0n) is 15.0. The molecule has 1 heterocycles. The van der Waals surface area contributed by atoms with E-state index in [0.717, 1.165) is 12.8 Å². The summed E-state index contributed by atoms with van der Waals surface area (Å²) < 4.78 is 11.5. The molecule has 1 aliphatic heterocycles. The average Bonchev–Trinajstić information content (AvgIpc) is 2.66. The molecule has 4 nitrogen and oxygen atoms in total. The van der Waals surface area contributed by atoms with Crippen LogP contribution in [0, 0.1) is 5.92 Å². The average molecular weight is 319 g/mol. The van der Waals surface area contributed by atoms with Gasteiger partial charge in [0, 0.05) is 26.1 Å². The van der Waals surface area contributed by atoms with Crippen molar-refractivity contribution >= 4 is 6.09 Å². The third-order valence-corrected chi connectivity index (χ3v) is 4.54. The third kappa shape index (κ3) is 4.05. The molecular weight excluding hydrogens is 290 g/mol. The minimum Gasteiger partial charge on any atom is -0.444 e. The van der Waals surface area contributed by atoms with Crippen molar-refractivity contribution in [2.24, 2.45) is 5.92 Å². The van der Waals surface area contributed by atoms with Gasteiger partial charge in [-0.05, 0) is 39.2 Å². The first-order chi connectivity index (χ1) is 10.8. The van der Waals surface area contributed by atoms with Crippen molar-refractivity contribution < 1.29 is 14.3 Å². The molecule has 0 aromatic heterocycles. The summed E-state index contributed by atoms with van der Waals surface area (Å²) in [6.45, 7) is 9.19. The zero-order chi connectivity index (χ0) is 17.1. The van der Waals surface area contributed by atoms with E-state index < -0.39 is 5.60 Å². The minimum absolute atomic E-state index is 0.185. The second-order valence-corrected chi connectivity index (χ2v) is 7.39. The number of carbonyl (C=O) groups is 1. The van der Waals surface area contributed by atoms with Crippen LogP contribution in [0.25, 0.3) is 0 Å². The van der Waals surface area contributed by atoms with Gasteiger partial charge in [0.1, 0.15) is 5.60 Å². The molecule has 2 rings (SSSR count). The topological polar surface area (TPSA) is 38.8 Å². The Morgan fingerprint density at radius 1 is 1.26 bits per heavy atom. The summed E-state index contributed by atoms with van der Waals surface area (Å²) in [5, 5.41) is 0. The lowest BCUT2D eigenvalue weighted by Crippen LogP contribution is -2.42. The highest BCUT2D eigenvalue weighted by Gasteiger charge is 2.41. The standard InChI is InChI=1S/C19H29NO3/c1-15-14-20(17(21)23-18(2,3)4)13-9-12-19(15,22-5)16-10-7-6-8-11-16/h6-8,10-11,15H,9,12-14H2,1-5H3. The monoisotopic (exact) mass is 319 g/mol. The van der Waals surface area contributed by atoms with Gasteiger partial charge in [-0.25, -0.2) is 4.79 Å². The first-order valence-electron chi connectivity index (χ1n) is 8.37. The van der Waals surface area contributed by atoms with E-state index in [4.69, 9.17) is 9.47 Å². The van der Waals surface area contributed by atoms with Gasteiger partial charge in [0.15, 0.2) is 0 Å². The maximum Gasteiger partial charge on any atom is 0.410 e. The Bertz CT molecular complexity index is 523. The highest BCUT2D eigenvalue weighted by Crippen LogP contribution is 2.40. The predicted molar refractivity (Wildman–Crippen MR) is 91.3 cm³/mol. The van der Waals surface area contributed by atoms with E-state index in [2.05, 4.69) is 19.1 Å². The quantitative estimate of drug-likeness (QED) is 0.820. The fourth-order valence-electron chi connectivity index (χ4n) is 3.41. The van der Waals surface area contributed by atoms with Crippen LogP contribution in [-0.4, -0.2) is 36.8 Å². The Balaban J connectivity index is 2.20. The molecule has 1 saturated heterocycles. The maximum atomic E-state index is 12.4. The van der Waals surface area contributed by atoms with Gasteiger partial charge in [0.25, 0.3) is 0 Å². The molecule has 0 aliphatic carbocycles. The molecule has 0 saturated carbocycles. The highest BCUT2D eigenvalue weighted by atomic mass is 16.6. The normalized spacial score (nSPS) is 25.8. The van der Waals surface area contributed by atoms with Gasteiger partial charge in [0.2, 0.25) is 0 Å². The fourth-order valence-corrected chi connectivity index (χ4v) is 3.41. The number of rotatable bonds is 2. The molecule has 0 spiro atoms. The number of hydrogen-bond acceptors (Lipinski definition) is 3. The minimum atomic E-state index is -0.468. The molecule has 2 atom stereocenters. The molecule has 2 unspecified atom stereocenters. The molecule has 23 heavy (non-hydrogen) atoms. The SMILES string of the molecule is COC1(c2ccccc2)CCCN(C(=O)OC(C)(C)C)CC1C. The van der Waals surface area contributed by atoms with Crippen molar-refractivity contribution in [3.63, 3.8) is 0 Å². The fraction of sp³-hybridized carbons (Fsp3) is 0.632. The number of methoxy groups -OCH3 is 1. The molecule has 1 aromatic rings. The van der Waals surface area contributed by atoms with E-state index >= 15 is 0 Å². The molecule has 0 bridgehead atoms. The largest absolute Gasteiger partial charge is 0.444 e. The number of amides is 1. The maximum absolute atomic E-state index is 12.4. The number of carbonyl (C=O) groups excluding carboxylic acids is 1. The van der Waals surface area contributed by atoms with Gasteiger partial charge in [-0.15, -0.1) is 0 Å². The Morgan fingerprint density at radius 2 is 1.91 bits per heavy atom. The van der Waals surface area contributed by atoms with Crippen LogP contribution in [0.1, 0.15) is 46.1 Å². The number of likely N-dealkylation sites (tertiary alicyclic amines) is 1. The number of nitrogens with zero attached hydrogens (tertiary/aromatic N) is 1. The number of benzene rings is 1. The van der Waals surface area contributed by atoms with Crippen LogP contribution in [0.15, 0.2) is 30.3 Å². The smallest absolute Gasteiger partial charge is 0.410 e. The van der Waals surface area contributed by atoms with Crippen LogP contribution >= 0.6 is 0 Å².